The topological polar surface area (TPSA) is 102 Å². The van der Waals surface area contributed by atoms with Gasteiger partial charge in [-0.15, -0.1) is 0 Å². The number of esters is 1. The van der Waals surface area contributed by atoms with Gasteiger partial charge in [-0.05, 0) is 30.3 Å². The zero-order valence-corrected chi connectivity index (χ0v) is 18.0. The lowest BCUT2D eigenvalue weighted by molar-refractivity contribution is -0.119. The summed E-state index contributed by atoms with van der Waals surface area (Å²) in [6.07, 6.45) is 0. The predicted octanol–water partition coefficient (Wildman–Crippen LogP) is 2.81. The number of benzene rings is 2. The maximum Gasteiger partial charge on any atom is 0.338 e. The number of halogens is 2. The van der Waals surface area contributed by atoms with Gasteiger partial charge < -0.3 is 14.8 Å². The minimum atomic E-state index is -3.76. The summed E-state index contributed by atoms with van der Waals surface area (Å²) >= 11 is 11.9. The van der Waals surface area contributed by atoms with E-state index in [0.29, 0.717) is 13.2 Å². The van der Waals surface area contributed by atoms with Crippen molar-refractivity contribution in [2.45, 2.75) is 4.90 Å². The number of carbonyl (C=O) groups is 2. The van der Waals surface area contributed by atoms with Crippen molar-refractivity contribution in [3.05, 3.63) is 58.1 Å². The van der Waals surface area contributed by atoms with Gasteiger partial charge >= 0.3 is 5.97 Å². The van der Waals surface area contributed by atoms with Gasteiger partial charge in [0.25, 0.3) is 5.91 Å². The number of ether oxygens (including phenoxy) is 2. The van der Waals surface area contributed by atoms with Crippen molar-refractivity contribution < 1.29 is 27.5 Å². The van der Waals surface area contributed by atoms with Gasteiger partial charge in [-0.25, -0.2) is 13.2 Å². The molecule has 1 amide bonds. The normalized spacial score (nSPS) is 14.9. The van der Waals surface area contributed by atoms with E-state index in [1.807, 2.05) is 0 Å². The Morgan fingerprint density at radius 2 is 1.80 bits per heavy atom. The van der Waals surface area contributed by atoms with E-state index >= 15 is 0 Å². The molecule has 2 aromatic rings. The Balaban J connectivity index is 1.64. The van der Waals surface area contributed by atoms with Crippen LogP contribution in [0, 0.1) is 0 Å². The first-order valence-corrected chi connectivity index (χ1v) is 11.1. The number of hydrogen-bond donors (Lipinski definition) is 1. The number of anilines is 1. The van der Waals surface area contributed by atoms with Crippen LogP contribution in [-0.4, -0.2) is 57.5 Å². The van der Waals surface area contributed by atoms with Crippen molar-refractivity contribution in [1.29, 1.82) is 0 Å². The molecule has 0 unspecified atom stereocenters. The molecular weight excluding hydrogens is 455 g/mol. The first kappa shape index (κ1) is 22.5. The number of hydrogen-bond acceptors (Lipinski definition) is 6. The van der Waals surface area contributed by atoms with Crippen LogP contribution < -0.4 is 5.32 Å². The summed E-state index contributed by atoms with van der Waals surface area (Å²) in [6, 6.07) is 10.2. The second-order valence-electron chi connectivity index (χ2n) is 6.27. The molecule has 160 valence electrons. The number of sulfonamides is 1. The molecule has 3 rings (SSSR count). The van der Waals surface area contributed by atoms with E-state index in [1.165, 1.54) is 28.6 Å². The molecule has 0 aromatic heterocycles. The van der Waals surface area contributed by atoms with Gasteiger partial charge in [-0.3, -0.25) is 4.79 Å². The molecule has 1 fully saturated rings. The van der Waals surface area contributed by atoms with Crippen molar-refractivity contribution >= 4 is 50.8 Å². The summed E-state index contributed by atoms with van der Waals surface area (Å²) in [5, 5.41) is 2.92. The molecule has 0 atom stereocenters. The highest BCUT2D eigenvalue weighted by atomic mass is 35.5. The lowest BCUT2D eigenvalue weighted by Gasteiger charge is -2.26. The molecule has 30 heavy (non-hydrogen) atoms. The van der Waals surface area contributed by atoms with Crippen LogP contribution in [0.4, 0.5) is 5.69 Å². The molecule has 1 aliphatic heterocycles. The van der Waals surface area contributed by atoms with Crippen molar-refractivity contribution in [3.8, 4) is 0 Å². The summed E-state index contributed by atoms with van der Waals surface area (Å²) in [6.45, 7) is 0.522. The molecule has 2 aromatic carbocycles. The number of nitrogens with zero attached hydrogens (tertiary/aromatic N) is 1. The van der Waals surface area contributed by atoms with Crippen molar-refractivity contribution in [3.63, 3.8) is 0 Å². The van der Waals surface area contributed by atoms with Crippen molar-refractivity contribution in [2.24, 2.45) is 0 Å². The highest BCUT2D eigenvalue weighted by molar-refractivity contribution is 7.89. The van der Waals surface area contributed by atoms with Gasteiger partial charge in [-0.1, -0.05) is 35.3 Å². The number of carbonyl (C=O) groups excluding carboxylic acids is 2. The molecule has 1 aliphatic rings. The van der Waals surface area contributed by atoms with E-state index in [-0.39, 0.29) is 39.3 Å². The molecule has 1 saturated heterocycles. The number of nitrogens with one attached hydrogen (secondary N) is 1. The summed E-state index contributed by atoms with van der Waals surface area (Å²) in [5.74, 6) is -1.45. The summed E-state index contributed by atoms with van der Waals surface area (Å²) < 4.78 is 36.9. The van der Waals surface area contributed by atoms with Crippen LogP contribution in [0.5, 0.6) is 0 Å². The molecule has 1 heterocycles. The van der Waals surface area contributed by atoms with Gasteiger partial charge in [-0.2, -0.15) is 4.31 Å². The molecule has 1 N–H and O–H groups in total. The average Bonchev–Trinajstić information content (AvgIpc) is 2.76. The van der Waals surface area contributed by atoms with Gasteiger partial charge in [0.15, 0.2) is 6.61 Å². The SMILES string of the molecule is O=C(COC(=O)c1cccc(S(=O)(=O)N2CCOCC2)c1)Nc1cccc(Cl)c1Cl. The maximum absolute atomic E-state index is 12.7. The molecule has 0 bridgehead atoms. The zero-order valence-electron chi connectivity index (χ0n) is 15.6. The molecule has 0 spiro atoms. The van der Waals surface area contributed by atoms with Crippen LogP contribution in [0.15, 0.2) is 47.4 Å². The number of rotatable bonds is 6. The fourth-order valence-corrected chi connectivity index (χ4v) is 4.52. The van der Waals surface area contributed by atoms with Crippen LogP contribution in [0.2, 0.25) is 10.0 Å². The number of morpholine rings is 1. The average molecular weight is 473 g/mol. The summed E-state index contributed by atoms with van der Waals surface area (Å²) in [5.41, 5.74) is 0.293. The standard InChI is InChI=1S/C19H18Cl2N2O6S/c20-15-5-2-6-16(18(15)21)22-17(24)12-29-19(25)13-3-1-4-14(11-13)30(26,27)23-7-9-28-10-8-23/h1-6,11H,7-10,12H2,(H,22,24). The molecule has 8 nitrogen and oxygen atoms in total. The maximum atomic E-state index is 12.7. The van der Waals surface area contributed by atoms with E-state index in [4.69, 9.17) is 32.7 Å². The highest BCUT2D eigenvalue weighted by Gasteiger charge is 2.27. The Hall–Kier alpha value is -2.17. The van der Waals surface area contributed by atoms with E-state index < -0.39 is 28.5 Å². The minimum Gasteiger partial charge on any atom is -0.452 e. The molecule has 0 radical (unpaired) electrons. The lowest BCUT2D eigenvalue weighted by Crippen LogP contribution is -2.40. The lowest BCUT2D eigenvalue weighted by atomic mass is 10.2. The van der Waals surface area contributed by atoms with E-state index in [1.54, 1.807) is 18.2 Å². The van der Waals surface area contributed by atoms with Crippen LogP contribution in [0.3, 0.4) is 0 Å². The van der Waals surface area contributed by atoms with E-state index in [9.17, 15) is 18.0 Å². The monoisotopic (exact) mass is 472 g/mol. The first-order valence-electron chi connectivity index (χ1n) is 8.88. The molecule has 0 saturated carbocycles. The largest absolute Gasteiger partial charge is 0.452 e. The summed E-state index contributed by atoms with van der Waals surface area (Å²) in [7, 11) is -3.76. The fourth-order valence-electron chi connectivity index (χ4n) is 2.72. The van der Waals surface area contributed by atoms with Crippen LogP contribution in [0.25, 0.3) is 0 Å². The Morgan fingerprint density at radius 3 is 2.53 bits per heavy atom. The summed E-state index contributed by atoms with van der Waals surface area (Å²) in [4.78, 5) is 24.3. The van der Waals surface area contributed by atoms with Gasteiger partial charge in [0.1, 0.15) is 0 Å². The van der Waals surface area contributed by atoms with Gasteiger partial charge in [0.05, 0.1) is 39.4 Å². The molecule has 11 heteroatoms. The van der Waals surface area contributed by atoms with E-state index in [2.05, 4.69) is 5.32 Å². The van der Waals surface area contributed by atoms with Crippen LogP contribution in [-0.2, 0) is 24.3 Å². The minimum absolute atomic E-state index is 0.0120. The van der Waals surface area contributed by atoms with Crippen LogP contribution >= 0.6 is 23.2 Å². The van der Waals surface area contributed by atoms with Crippen molar-refractivity contribution in [1.82, 2.24) is 4.31 Å². The Kier molecular flexibility index (Phi) is 7.32. The Labute approximate surface area is 183 Å². The molecule has 0 aliphatic carbocycles. The van der Waals surface area contributed by atoms with Crippen molar-refractivity contribution in [2.75, 3.05) is 38.2 Å². The third-order valence-electron chi connectivity index (χ3n) is 4.24. The highest BCUT2D eigenvalue weighted by Crippen LogP contribution is 2.29. The second-order valence-corrected chi connectivity index (χ2v) is 8.99. The van der Waals surface area contributed by atoms with E-state index in [0.717, 1.165) is 0 Å². The Bertz CT molecular complexity index is 1050. The first-order chi connectivity index (χ1) is 14.3. The van der Waals surface area contributed by atoms with Gasteiger partial charge in [0.2, 0.25) is 10.0 Å². The quantitative estimate of drug-likeness (QED) is 0.648. The third kappa shape index (κ3) is 5.30. The fraction of sp³-hybridized carbons (Fsp3) is 0.263. The number of amides is 1. The Morgan fingerprint density at radius 1 is 1.10 bits per heavy atom. The predicted molar refractivity (Wildman–Crippen MR) is 111 cm³/mol. The smallest absolute Gasteiger partial charge is 0.338 e. The third-order valence-corrected chi connectivity index (χ3v) is 6.95. The van der Waals surface area contributed by atoms with Gasteiger partial charge in [0, 0.05) is 13.1 Å². The van der Waals surface area contributed by atoms with Crippen LogP contribution in [0.1, 0.15) is 10.4 Å². The zero-order chi connectivity index (χ0) is 21.7. The second kappa shape index (κ2) is 9.76. The molecular formula is C19H18Cl2N2O6S.